The quantitative estimate of drug-likeness (QED) is 0.825. The van der Waals surface area contributed by atoms with Gasteiger partial charge in [0.15, 0.2) is 5.82 Å². The molecule has 0 bridgehead atoms. The van der Waals surface area contributed by atoms with E-state index < -0.39 is 6.10 Å². The van der Waals surface area contributed by atoms with Gasteiger partial charge in [-0.3, -0.25) is 4.79 Å². The lowest BCUT2D eigenvalue weighted by Crippen LogP contribution is -2.41. The third-order valence-electron chi connectivity index (χ3n) is 4.57. The number of aliphatic hydroxyl groups excluding tert-OH is 1. The van der Waals surface area contributed by atoms with Crippen molar-refractivity contribution in [3.63, 3.8) is 0 Å². The summed E-state index contributed by atoms with van der Waals surface area (Å²) in [5.41, 5.74) is 0.872. The molecule has 2 aromatic rings. The van der Waals surface area contributed by atoms with E-state index in [0.29, 0.717) is 43.9 Å². The molecular formula is C18H23N3O4. The number of hydrogen-bond acceptors (Lipinski definition) is 6. The maximum absolute atomic E-state index is 12.3. The summed E-state index contributed by atoms with van der Waals surface area (Å²) in [5, 5.41) is 16.7. The molecule has 134 valence electrons. The maximum Gasteiger partial charge on any atom is 0.257 e. The van der Waals surface area contributed by atoms with Crippen LogP contribution in [-0.4, -0.2) is 47.0 Å². The second-order valence-electron chi connectivity index (χ2n) is 6.27. The number of nitrogens with zero attached hydrogens (tertiary/aromatic N) is 2. The molecule has 1 aliphatic carbocycles. The third kappa shape index (κ3) is 4.43. The number of carbonyl (C=O) groups excluding carboxylic acids is 1. The third-order valence-corrected chi connectivity index (χ3v) is 4.57. The first-order valence-electron chi connectivity index (χ1n) is 8.54. The summed E-state index contributed by atoms with van der Waals surface area (Å²) in [5.74, 6) is 0.901. The van der Waals surface area contributed by atoms with Crippen molar-refractivity contribution in [2.45, 2.75) is 37.9 Å². The van der Waals surface area contributed by atoms with Gasteiger partial charge in [-0.15, -0.1) is 0 Å². The van der Waals surface area contributed by atoms with Gasteiger partial charge in [0.2, 0.25) is 5.91 Å². The SMILES string of the molecule is COC1CC(C(=O)NCCc2noc(-c3ccccc3)n2)CCC1O. The highest BCUT2D eigenvalue weighted by atomic mass is 16.5. The van der Waals surface area contributed by atoms with Gasteiger partial charge in [0.05, 0.1) is 12.2 Å². The number of nitrogens with one attached hydrogen (secondary N) is 1. The van der Waals surface area contributed by atoms with Crippen LogP contribution in [0.1, 0.15) is 25.1 Å². The summed E-state index contributed by atoms with van der Waals surface area (Å²) in [4.78, 5) is 16.6. The number of rotatable bonds is 6. The van der Waals surface area contributed by atoms with E-state index in [-0.39, 0.29) is 17.9 Å². The molecule has 0 spiro atoms. The summed E-state index contributed by atoms with van der Waals surface area (Å²) in [7, 11) is 1.56. The molecule has 3 unspecified atom stereocenters. The van der Waals surface area contributed by atoms with Crippen LogP contribution < -0.4 is 5.32 Å². The van der Waals surface area contributed by atoms with E-state index in [0.717, 1.165) is 5.56 Å². The molecule has 25 heavy (non-hydrogen) atoms. The first kappa shape index (κ1) is 17.6. The Morgan fingerprint density at radius 3 is 2.92 bits per heavy atom. The Balaban J connectivity index is 1.47. The Hall–Kier alpha value is -2.25. The van der Waals surface area contributed by atoms with E-state index in [1.165, 1.54) is 0 Å². The van der Waals surface area contributed by atoms with Crippen LogP contribution in [0.3, 0.4) is 0 Å². The Labute approximate surface area is 146 Å². The topological polar surface area (TPSA) is 97.5 Å². The van der Waals surface area contributed by atoms with Crippen LogP contribution in [0.5, 0.6) is 0 Å². The number of hydrogen-bond donors (Lipinski definition) is 2. The van der Waals surface area contributed by atoms with E-state index in [1.54, 1.807) is 7.11 Å². The predicted octanol–water partition coefficient (Wildman–Crippen LogP) is 1.57. The van der Waals surface area contributed by atoms with Crippen molar-refractivity contribution in [3.05, 3.63) is 36.2 Å². The number of carbonyl (C=O) groups is 1. The van der Waals surface area contributed by atoms with Crippen molar-refractivity contribution in [1.29, 1.82) is 0 Å². The Kier molecular flexibility index (Phi) is 5.78. The van der Waals surface area contributed by atoms with Gasteiger partial charge in [-0.1, -0.05) is 23.4 Å². The molecule has 1 heterocycles. The lowest BCUT2D eigenvalue weighted by molar-refractivity contribution is -0.130. The van der Waals surface area contributed by atoms with Crippen molar-refractivity contribution in [3.8, 4) is 11.5 Å². The molecule has 0 saturated heterocycles. The largest absolute Gasteiger partial charge is 0.390 e. The number of aliphatic hydroxyl groups is 1. The van der Waals surface area contributed by atoms with Crippen molar-refractivity contribution < 1.29 is 19.2 Å². The van der Waals surface area contributed by atoms with Crippen LogP contribution in [0.15, 0.2) is 34.9 Å². The van der Waals surface area contributed by atoms with Crippen molar-refractivity contribution in [1.82, 2.24) is 15.5 Å². The van der Waals surface area contributed by atoms with E-state index in [9.17, 15) is 9.90 Å². The molecule has 0 radical (unpaired) electrons. The minimum absolute atomic E-state index is 0.0132. The van der Waals surface area contributed by atoms with E-state index in [2.05, 4.69) is 15.5 Å². The van der Waals surface area contributed by atoms with Crippen molar-refractivity contribution in [2.24, 2.45) is 5.92 Å². The van der Waals surface area contributed by atoms with Crippen LogP contribution in [0.25, 0.3) is 11.5 Å². The number of ether oxygens (including phenoxy) is 1. The molecule has 7 nitrogen and oxygen atoms in total. The fraction of sp³-hybridized carbons (Fsp3) is 0.500. The molecule has 1 fully saturated rings. The summed E-state index contributed by atoms with van der Waals surface area (Å²) < 4.78 is 10.5. The molecule has 3 rings (SSSR count). The summed E-state index contributed by atoms with van der Waals surface area (Å²) >= 11 is 0. The van der Waals surface area contributed by atoms with Crippen LogP contribution in [-0.2, 0) is 16.0 Å². The summed E-state index contributed by atoms with van der Waals surface area (Å²) in [6, 6.07) is 9.56. The smallest absolute Gasteiger partial charge is 0.257 e. The van der Waals surface area contributed by atoms with E-state index in [4.69, 9.17) is 9.26 Å². The van der Waals surface area contributed by atoms with Gasteiger partial charge < -0.3 is 19.7 Å². The molecule has 7 heteroatoms. The zero-order valence-corrected chi connectivity index (χ0v) is 14.2. The fourth-order valence-corrected chi connectivity index (χ4v) is 3.10. The van der Waals surface area contributed by atoms with Crippen LogP contribution in [0.2, 0.25) is 0 Å². The van der Waals surface area contributed by atoms with Crippen LogP contribution >= 0.6 is 0 Å². The lowest BCUT2D eigenvalue weighted by atomic mass is 9.84. The highest BCUT2D eigenvalue weighted by Gasteiger charge is 2.32. The Morgan fingerprint density at radius 2 is 2.16 bits per heavy atom. The Morgan fingerprint density at radius 1 is 1.36 bits per heavy atom. The molecule has 0 aliphatic heterocycles. The molecule has 1 aromatic carbocycles. The van der Waals surface area contributed by atoms with E-state index >= 15 is 0 Å². The standard InChI is InChI=1S/C18H23N3O4/c1-24-15-11-13(7-8-14(15)22)17(23)19-10-9-16-20-18(25-21-16)12-5-3-2-4-6-12/h2-6,13-15,22H,7-11H2,1H3,(H,19,23). The summed E-state index contributed by atoms with van der Waals surface area (Å²) in [6.45, 7) is 0.448. The minimum atomic E-state index is -0.482. The summed E-state index contributed by atoms with van der Waals surface area (Å²) in [6.07, 6.45) is 1.56. The lowest BCUT2D eigenvalue weighted by Gasteiger charge is -2.31. The number of benzene rings is 1. The van der Waals surface area contributed by atoms with E-state index in [1.807, 2.05) is 30.3 Å². The highest BCUT2D eigenvalue weighted by molar-refractivity contribution is 5.78. The normalized spacial score (nSPS) is 23.4. The van der Waals surface area contributed by atoms with Gasteiger partial charge in [-0.25, -0.2) is 0 Å². The van der Waals surface area contributed by atoms with Crippen molar-refractivity contribution in [2.75, 3.05) is 13.7 Å². The number of amides is 1. The molecule has 1 aromatic heterocycles. The first-order valence-corrected chi connectivity index (χ1v) is 8.54. The minimum Gasteiger partial charge on any atom is -0.390 e. The highest BCUT2D eigenvalue weighted by Crippen LogP contribution is 2.26. The average Bonchev–Trinajstić information content (AvgIpc) is 3.11. The predicted molar refractivity (Wildman–Crippen MR) is 90.6 cm³/mol. The molecule has 3 atom stereocenters. The number of aromatic nitrogens is 2. The molecule has 1 amide bonds. The second kappa shape index (κ2) is 8.22. The zero-order valence-electron chi connectivity index (χ0n) is 14.2. The fourth-order valence-electron chi connectivity index (χ4n) is 3.10. The number of methoxy groups -OCH3 is 1. The van der Waals surface area contributed by atoms with Gasteiger partial charge in [-0.05, 0) is 31.4 Å². The second-order valence-corrected chi connectivity index (χ2v) is 6.27. The van der Waals surface area contributed by atoms with Crippen molar-refractivity contribution >= 4 is 5.91 Å². The van der Waals surface area contributed by atoms with Gasteiger partial charge in [0, 0.05) is 31.6 Å². The monoisotopic (exact) mass is 345 g/mol. The van der Waals surface area contributed by atoms with Gasteiger partial charge >= 0.3 is 0 Å². The maximum atomic E-state index is 12.3. The average molecular weight is 345 g/mol. The molecule has 1 saturated carbocycles. The molecule has 1 aliphatic rings. The van der Waals surface area contributed by atoms with Gasteiger partial charge in [-0.2, -0.15) is 4.98 Å². The van der Waals surface area contributed by atoms with Crippen LogP contribution in [0, 0.1) is 5.92 Å². The Bertz CT molecular complexity index is 689. The first-order chi connectivity index (χ1) is 12.2. The molecular weight excluding hydrogens is 322 g/mol. The van der Waals surface area contributed by atoms with Crippen LogP contribution in [0.4, 0.5) is 0 Å². The zero-order chi connectivity index (χ0) is 17.6. The molecule has 2 N–H and O–H groups in total. The van der Waals surface area contributed by atoms with Gasteiger partial charge in [0.1, 0.15) is 0 Å². The van der Waals surface area contributed by atoms with Gasteiger partial charge in [0.25, 0.3) is 5.89 Å².